The molecule has 0 aliphatic carbocycles. The van der Waals surface area contributed by atoms with E-state index in [9.17, 15) is 9.90 Å². The Kier molecular flexibility index (Phi) is 5.08. The van der Waals surface area contributed by atoms with Gasteiger partial charge >= 0.3 is 0 Å². The second-order valence-corrected chi connectivity index (χ2v) is 6.58. The molecule has 1 aromatic heterocycles. The zero-order valence-corrected chi connectivity index (χ0v) is 15.0. The number of carbonyl (C=O) groups excluding carboxylic acids is 1. The minimum Gasteiger partial charge on any atom is -0.492 e. The van der Waals surface area contributed by atoms with Gasteiger partial charge in [-0.15, -0.1) is 0 Å². The number of carbonyl (C=O) groups is 1. The average Bonchev–Trinajstić information content (AvgIpc) is 2.86. The lowest BCUT2D eigenvalue weighted by molar-refractivity contribution is -0.138. The number of hydrogen-bond acceptors (Lipinski definition) is 4. The van der Waals surface area contributed by atoms with Crippen molar-refractivity contribution in [3.05, 3.63) is 46.8 Å². The minimum absolute atomic E-state index is 0.0196. The lowest BCUT2D eigenvalue weighted by atomic mass is 9.95. The molecule has 0 bridgehead atoms. The topological polar surface area (TPSA) is 67.6 Å². The van der Waals surface area contributed by atoms with E-state index in [-0.39, 0.29) is 18.4 Å². The van der Waals surface area contributed by atoms with Gasteiger partial charge in [-0.05, 0) is 31.9 Å². The van der Waals surface area contributed by atoms with Gasteiger partial charge in [0.15, 0.2) is 0 Å². The zero-order chi connectivity index (χ0) is 18.0. The molecule has 1 aliphatic heterocycles. The van der Waals surface area contributed by atoms with E-state index in [0.29, 0.717) is 26.1 Å². The maximum atomic E-state index is 13.0. The first kappa shape index (κ1) is 17.5. The van der Waals surface area contributed by atoms with Gasteiger partial charge in [-0.3, -0.25) is 9.48 Å². The molecule has 25 heavy (non-hydrogen) atoms. The van der Waals surface area contributed by atoms with E-state index in [4.69, 9.17) is 4.74 Å². The Bertz CT molecular complexity index is 769. The molecule has 134 valence electrons. The van der Waals surface area contributed by atoms with Crippen molar-refractivity contribution in [2.75, 3.05) is 19.8 Å². The predicted molar refractivity (Wildman–Crippen MR) is 94.3 cm³/mol. The van der Waals surface area contributed by atoms with Crippen molar-refractivity contribution in [3.8, 4) is 5.75 Å². The summed E-state index contributed by atoms with van der Waals surface area (Å²) in [6, 6.07) is 7.83. The van der Waals surface area contributed by atoms with Crippen LogP contribution in [-0.4, -0.2) is 45.5 Å². The normalized spacial score (nSPS) is 16.2. The Morgan fingerprint density at radius 3 is 2.84 bits per heavy atom. The third-order valence-electron chi connectivity index (χ3n) is 4.92. The quantitative estimate of drug-likeness (QED) is 0.896. The van der Waals surface area contributed by atoms with Crippen LogP contribution in [0.2, 0.25) is 0 Å². The Labute approximate surface area is 148 Å². The van der Waals surface area contributed by atoms with E-state index in [1.54, 1.807) is 4.90 Å². The zero-order valence-electron chi connectivity index (χ0n) is 15.0. The van der Waals surface area contributed by atoms with E-state index < -0.39 is 0 Å². The molecular formula is C19H25N3O3. The summed E-state index contributed by atoms with van der Waals surface area (Å²) in [7, 11) is 1.90. The third kappa shape index (κ3) is 3.54. The number of aryl methyl sites for hydroxylation is 2. The van der Waals surface area contributed by atoms with Gasteiger partial charge in [0, 0.05) is 31.4 Å². The number of rotatable bonds is 5. The number of ether oxygens (including phenoxy) is 1. The highest BCUT2D eigenvalue weighted by molar-refractivity contribution is 5.80. The summed E-state index contributed by atoms with van der Waals surface area (Å²) in [5.41, 5.74) is 4.06. The maximum Gasteiger partial charge on any atom is 0.229 e. The number of aliphatic hydroxyl groups excluding tert-OH is 1. The monoisotopic (exact) mass is 343 g/mol. The highest BCUT2D eigenvalue weighted by Gasteiger charge is 2.30. The number of nitrogens with zero attached hydrogens (tertiary/aromatic N) is 3. The fraction of sp³-hybridized carbons (Fsp3) is 0.474. The molecule has 6 heteroatoms. The number of benzene rings is 1. The molecule has 1 unspecified atom stereocenters. The van der Waals surface area contributed by atoms with E-state index in [1.165, 1.54) is 0 Å². The van der Waals surface area contributed by atoms with E-state index in [0.717, 1.165) is 28.3 Å². The third-order valence-corrected chi connectivity index (χ3v) is 4.92. The summed E-state index contributed by atoms with van der Waals surface area (Å²) in [6.07, 6.45) is 0.669. The smallest absolute Gasteiger partial charge is 0.229 e. The SMILES string of the molecule is Cc1nn(C)c(C)c1CN(CCO)C(=O)C1COc2ccccc2C1. The van der Waals surface area contributed by atoms with Crippen LogP contribution in [0.3, 0.4) is 0 Å². The van der Waals surface area contributed by atoms with Crippen LogP contribution in [0.1, 0.15) is 22.5 Å². The number of amides is 1. The first-order valence-corrected chi connectivity index (χ1v) is 8.60. The molecule has 2 aromatic rings. The predicted octanol–water partition coefficient (Wildman–Crippen LogP) is 1.61. The van der Waals surface area contributed by atoms with Crippen molar-refractivity contribution in [1.82, 2.24) is 14.7 Å². The lowest BCUT2D eigenvalue weighted by Gasteiger charge is -2.30. The van der Waals surface area contributed by atoms with Gasteiger partial charge < -0.3 is 14.7 Å². The summed E-state index contributed by atoms with van der Waals surface area (Å²) in [5, 5.41) is 13.8. The molecule has 2 heterocycles. The van der Waals surface area contributed by atoms with Crippen LogP contribution in [0.5, 0.6) is 5.75 Å². The van der Waals surface area contributed by atoms with Gasteiger partial charge in [0.25, 0.3) is 0 Å². The number of hydrogen-bond donors (Lipinski definition) is 1. The fourth-order valence-electron chi connectivity index (χ4n) is 3.37. The van der Waals surface area contributed by atoms with E-state index >= 15 is 0 Å². The van der Waals surface area contributed by atoms with Crippen molar-refractivity contribution in [2.45, 2.75) is 26.8 Å². The summed E-state index contributed by atoms with van der Waals surface area (Å²) in [5.74, 6) is 0.657. The van der Waals surface area contributed by atoms with Gasteiger partial charge in [0.2, 0.25) is 5.91 Å². The molecular weight excluding hydrogens is 318 g/mol. The summed E-state index contributed by atoms with van der Waals surface area (Å²) < 4.78 is 7.59. The number of aliphatic hydroxyl groups is 1. The van der Waals surface area contributed by atoms with Crippen molar-refractivity contribution in [1.29, 1.82) is 0 Å². The Morgan fingerprint density at radius 2 is 2.16 bits per heavy atom. The van der Waals surface area contributed by atoms with E-state index in [1.807, 2.05) is 49.8 Å². The summed E-state index contributed by atoms with van der Waals surface area (Å²) in [6.45, 7) is 5.03. The van der Waals surface area contributed by atoms with Crippen molar-refractivity contribution >= 4 is 5.91 Å². The molecule has 1 amide bonds. The fourth-order valence-corrected chi connectivity index (χ4v) is 3.37. The molecule has 0 saturated heterocycles. The highest BCUT2D eigenvalue weighted by atomic mass is 16.5. The van der Waals surface area contributed by atoms with Crippen molar-refractivity contribution < 1.29 is 14.6 Å². The summed E-state index contributed by atoms with van der Waals surface area (Å²) in [4.78, 5) is 14.8. The van der Waals surface area contributed by atoms with Gasteiger partial charge in [0.1, 0.15) is 12.4 Å². The molecule has 1 N–H and O–H groups in total. The molecule has 3 rings (SSSR count). The molecule has 0 fully saturated rings. The second kappa shape index (κ2) is 7.27. The van der Waals surface area contributed by atoms with Crippen LogP contribution >= 0.6 is 0 Å². The van der Waals surface area contributed by atoms with Crippen LogP contribution in [0, 0.1) is 19.8 Å². The van der Waals surface area contributed by atoms with E-state index in [2.05, 4.69) is 5.10 Å². The van der Waals surface area contributed by atoms with Crippen LogP contribution in [0.4, 0.5) is 0 Å². The minimum atomic E-state index is -0.223. The Morgan fingerprint density at radius 1 is 1.40 bits per heavy atom. The molecule has 1 aliphatic rings. The number of para-hydroxylation sites is 1. The molecule has 1 atom stereocenters. The molecule has 1 aromatic carbocycles. The molecule has 0 radical (unpaired) electrons. The van der Waals surface area contributed by atoms with Crippen LogP contribution in [0.15, 0.2) is 24.3 Å². The highest BCUT2D eigenvalue weighted by Crippen LogP contribution is 2.28. The largest absolute Gasteiger partial charge is 0.492 e. The van der Waals surface area contributed by atoms with Gasteiger partial charge in [-0.2, -0.15) is 5.10 Å². The number of aromatic nitrogens is 2. The molecule has 6 nitrogen and oxygen atoms in total. The second-order valence-electron chi connectivity index (χ2n) is 6.58. The summed E-state index contributed by atoms with van der Waals surface area (Å²) >= 11 is 0. The van der Waals surface area contributed by atoms with Crippen molar-refractivity contribution in [3.63, 3.8) is 0 Å². The Balaban J connectivity index is 1.77. The van der Waals surface area contributed by atoms with Gasteiger partial charge in [0.05, 0.1) is 18.2 Å². The van der Waals surface area contributed by atoms with Crippen LogP contribution in [0.25, 0.3) is 0 Å². The first-order valence-electron chi connectivity index (χ1n) is 8.60. The Hall–Kier alpha value is -2.34. The maximum absolute atomic E-state index is 13.0. The average molecular weight is 343 g/mol. The standard InChI is InChI=1S/C19H25N3O3/c1-13-17(14(2)21(3)20-13)11-22(8-9-23)19(24)16-10-15-6-4-5-7-18(15)25-12-16/h4-7,16,23H,8-12H2,1-3H3. The lowest BCUT2D eigenvalue weighted by Crippen LogP contribution is -2.42. The molecule has 0 spiro atoms. The number of fused-ring (bicyclic) bond motifs is 1. The van der Waals surface area contributed by atoms with Gasteiger partial charge in [-0.25, -0.2) is 0 Å². The van der Waals surface area contributed by atoms with Crippen LogP contribution in [-0.2, 0) is 24.8 Å². The molecule has 0 saturated carbocycles. The van der Waals surface area contributed by atoms with Crippen molar-refractivity contribution in [2.24, 2.45) is 13.0 Å². The first-order chi connectivity index (χ1) is 12.0. The van der Waals surface area contributed by atoms with Gasteiger partial charge in [-0.1, -0.05) is 18.2 Å². The van der Waals surface area contributed by atoms with Crippen LogP contribution < -0.4 is 4.74 Å².